The van der Waals surface area contributed by atoms with E-state index in [4.69, 9.17) is 15.0 Å². The van der Waals surface area contributed by atoms with Crippen molar-refractivity contribution in [1.29, 1.82) is 0 Å². The van der Waals surface area contributed by atoms with E-state index < -0.39 is 0 Å². The molecule has 5 nitrogen and oxygen atoms in total. The van der Waals surface area contributed by atoms with Gasteiger partial charge in [-0.1, -0.05) is 159 Å². The van der Waals surface area contributed by atoms with Crippen LogP contribution in [0.5, 0.6) is 0 Å². The van der Waals surface area contributed by atoms with Gasteiger partial charge in [-0.2, -0.15) is 0 Å². The maximum Gasteiger partial charge on any atom is 0.164 e. The Morgan fingerprint density at radius 2 is 1.03 bits per heavy atom. The first kappa shape index (κ1) is 36.2. The van der Waals surface area contributed by atoms with Crippen LogP contribution >= 0.6 is 0 Å². The fraction of sp³-hybridized carbons (Fsp3) is 0.0536. The average Bonchev–Trinajstić information content (AvgIpc) is 3.66. The van der Waals surface area contributed by atoms with E-state index in [1.165, 1.54) is 38.5 Å². The molecular formula is C56H41N5. The van der Waals surface area contributed by atoms with Crippen molar-refractivity contribution >= 4 is 44.0 Å². The number of benzene rings is 8. The Bertz CT molecular complexity index is 3240. The number of nitrogens with one attached hydrogen (secondary N) is 1. The van der Waals surface area contributed by atoms with Gasteiger partial charge in [0.15, 0.2) is 17.5 Å². The Hall–Kier alpha value is -7.89. The third-order valence-electron chi connectivity index (χ3n) is 11.9. The minimum atomic E-state index is 0.213. The Morgan fingerprint density at radius 1 is 0.443 bits per heavy atom. The molecule has 0 saturated carbocycles. The molecular weight excluding hydrogens is 743 g/mol. The number of fused-ring (bicyclic) bond motifs is 4. The van der Waals surface area contributed by atoms with Gasteiger partial charge in [0.2, 0.25) is 0 Å². The van der Waals surface area contributed by atoms with Gasteiger partial charge in [-0.3, -0.25) is 0 Å². The molecule has 2 unspecified atom stereocenters. The summed E-state index contributed by atoms with van der Waals surface area (Å²) in [5, 5.41) is 8.59. The van der Waals surface area contributed by atoms with E-state index in [1.807, 2.05) is 60.7 Å². The molecule has 1 aliphatic carbocycles. The van der Waals surface area contributed by atoms with Crippen LogP contribution in [0.2, 0.25) is 0 Å². The predicted octanol–water partition coefficient (Wildman–Crippen LogP) is 14.4. The molecule has 290 valence electrons. The highest BCUT2D eigenvalue weighted by Crippen LogP contribution is 2.41. The summed E-state index contributed by atoms with van der Waals surface area (Å²) in [5.74, 6) is 2.49. The van der Waals surface area contributed by atoms with Crippen LogP contribution in [-0.2, 0) is 0 Å². The van der Waals surface area contributed by atoms with Crippen LogP contribution in [0.4, 0.5) is 11.4 Å². The van der Waals surface area contributed by atoms with Crippen molar-refractivity contribution in [3.8, 4) is 51.0 Å². The van der Waals surface area contributed by atoms with Crippen LogP contribution in [0.15, 0.2) is 212 Å². The number of para-hydroxylation sites is 2. The Morgan fingerprint density at radius 3 is 1.77 bits per heavy atom. The number of hydrogen-bond acceptors (Lipinski definition) is 4. The van der Waals surface area contributed by atoms with Gasteiger partial charge in [0.1, 0.15) is 0 Å². The van der Waals surface area contributed by atoms with Crippen LogP contribution in [0.1, 0.15) is 18.4 Å². The summed E-state index contributed by atoms with van der Waals surface area (Å²) < 4.78 is 2.37. The molecule has 0 aliphatic heterocycles. The van der Waals surface area contributed by atoms with Gasteiger partial charge in [0, 0.05) is 50.4 Å². The third-order valence-corrected chi connectivity index (χ3v) is 11.9. The van der Waals surface area contributed by atoms with E-state index in [-0.39, 0.29) is 5.92 Å². The molecule has 11 rings (SSSR count). The highest BCUT2D eigenvalue weighted by molar-refractivity contribution is 6.10. The number of hydrogen-bond donors (Lipinski definition) is 1. The summed E-state index contributed by atoms with van der Waals surface area (Å²) in [6.07, 6.45) is 8.97. The monoisotopic (exact) mass is 783 g/mol. The van der Waals surface area contributed by atoms with Crippen molar-refractivity contribution in [2.45, 2.75) is 12.8 Å². The van der Waals surface area contributed by atoms with Crippen molar-refractivity contribution in [3.05, 3.63) is 218 Å². The van der Waals surface area contributed by atoms with Crippen molar-refractivity contribution in [1.82, 2.24) is 19.5 Å². The fourth-order valence-electron chi connectivity index (χ4n) is 8.80. The smallest absolute Gasteiger partial charge is 0.164 e. The number of nitrogens with zero attached hydrogens (tertiary/aromatic N) is 4. The van der Waals surface area contributed by atoms with Crippen LogP contribution < -0.4 is 5.32 Å². The summed E-state index contributed by atoms with van der Waals surface area (Å²) >= 11 is 0. The zero-order valence-corrected chi connectivity index (χ0v) is 33.7. The van der Waals surface area contributed by atoms with Crippen LogP contribution in [0.25, 0.3) is 83.6 Å². The minimum absolute atomic E-state index is 0.213. The molecule has 2 aromatic heterocycles. The first-order chi connectivity index (χ1) is 30.1. The van der Waals surface area contributed by atoms with Crippen molar-refractivity contribution in [3.63, 3.8) is 0 Å². The zero-order chi connectivity index (χ0) is 40.7. The van der Waals surface area contributed by atoms with E-state index in [1.54, 1.807) is 0 Å². The van der Waals surface area contributed by atoms with Gasteiger partial charge in [0.25, 0.3) is 0 Å². The molecule has 5 heteroatoms. The van der Waals surface area contributed by atoms with E-state index in [0.29, 0.717) is 23.4 Å². The molecule has 0 spiro atoms. The first-order valence-electron chi connectivity index (χ1n) is 20.9. The number of aromatic nitrogens is 4. The van der Waals surface area contributed by atoms with Crippen LogP contribution in [0.3, 0.4) is 0 Å². The number of anilines is 2. The summed E-state index contributed by atoms with van der Waals surface area (Å²) in [7, 11) is 0. The molecule has 2 heterocycles. The largest absolute Gasteiger partial charge is 0.355 e. The maximum absolute atomic E-state index is 5.00. The van der Waals surface area contributed by atoms with E-state index in [0.717, 1.165) is 44.5 Å². The highest BCUT2D eigenvalue weighted by atomic mass is 15.0. The molecule has 1 N–H and O–H groups in total. The Kier molecular flexibility index (Phi) is 9.12. The van der Waals surface area contributed by atoms with Gasteiger partial charge in [0.05, 0.1) is 11.0 Å². The van der Waals surface area contributed by atoms with Crippen LogP contribution in [0, 0.1) is 5.92 Å². The van der Waals surface area contributed by atoms with Gasteiger partial charge in [-0.05, 0) is 94.0 Å². The zero-order valence-electron chi connectivity index (χ0n) is 33.7. The van der Waals surface area contributed by atoms with Gasteiger partial charge < -0.3 is 9.88 Å². The van der Waals surface area contributed by atoms with Gasteiger partial charge in [-0.15, -0.1) is 0 Å². The molecule has 0 radical (unpaired) electrons. The molecule has 2 atom stereocenters. The lowest BCUT2D eigenvalue weighted by Crippen LogP contribution is -2.10. The molecule has 10 aromatic rings. The normalized spacial score (nSPS) is 14.8. The predicted molar refractivity (Wildman–Crippen MR) is 253 cm³/mol. The molecule has 0 fully saturated rings. The van der Waals surface area contributed by atoms with Crippen molar-refractivity contribution in [2.75, 3.05) is 5.32 Å². The van der Waals surface area contributed by atoms with Crippen molar-refractivity contribution in [2.24, 2.45) is 5.92 Å². The van der Waals surface area contributed by atoms with Crippen LogP contribution in [-0.4, -0.2) is 19.5 Å². The fourth-order valence-corrected chi connectivity index (χ4v) is 8.80. The lowest BCUT2D eigenvalue weighted by molar-refractivity contribution is 0.637. The molecule has 8 aromatic carbocycles. The number of rotatable bonds is 8. The van der Waals surface area contributed by atoms with Gasteiger partial charge in [-0.25, -0.2) is 15.0 Å². The second-order valence-corrected chi connectivity index (χ2v) is 15.8. The molecule has 0 amide bonds. The van der Waals surface area contributed by atoms with Crippen molar-refractivity contribution < 1.29 is 0 Å². The standard InChI is InChI=1S/C56H41N5/c1-37-15-11-12-22-47(37)49-35-41(42-29-32-53-50(36-42)48-23-13-14-24-52(48)61(53)46-20-9-4-10-21-46)28-31-51(49)57-45-30-27-38-25-26-43(33-44(38)34-45)56-59-54(39-16-5-2-6-17-39)58-55(60-56)40-18-7-3-8-19-40/h2-37,47,57H,1H3. The first-order valence-corrected chi connectivity index (χ1v) is 20.9. The van der Waals surface area contributed by atoms with Gasteiger partial charge >= 0.3 is 0 Å². The summed E-state index contributed by atoms with van der Waals surface area (Å²) in [6, 6.07) is 66.4. The molecule has 0 saturated heterocycles. The molecule has 0 bridgehead atoms. The maximum atomic E-state index is 5.00. The molecule has 61 heavy (non-hydrogen) atoms. The Labute approximate surface area is 355 Å². The quantitative estimate of drug-likeness (QED) is 0.167. The highest BCUT2D eigenvalue weighted by Gasteiger charge is 2.22. The Balaban J connectivity index is 0.973. The second kappa shape index (κ2) is 15.4. The summed E-state index contributed by atoms with van der Waals surface area (Å²) in [5.41, 5.74) is 12.2. The second-order valence-electron chi connectivity index (χ2n) is 15.8. The SMILES string of the molecule is CC1C=CC=CC1c1cc(-c2ccc3c(c2)c2ccccc2n3-c2ccccc2)ccc1Nc1ccc2ccc(-c3nc(-c4ccccc4)nc(-c4ccccc4)n3)cc2c1. The summed E-state index contributed by atoms with van der Waals surface area (Å²) in [6.45, 7) is 2.30. The lowest BCUT2D eigenvalue weighted by Gasteiger charge is -2.25. The lowest BCUT2D eigenvalue weighted by atomic mass is 9.82. The molecule has 1 aliphatic rings. The van der Waals surface area contributed by atoms with E-state index in [2.05, 4.69) is 169 Å². The summed E-state index contributed by atoms with van der Waals surface area (Å²) in [4.78, 5) is 14.9. The third kappa shape index (κ3) is 6.86. The topological polar surface area (TPSA) is 55.6 Å². The number of allylic oxidation sites excluding steroid dienone is 4. The van der Waals surface area contributed by atoms with E-state index >= 15 is 0 Å². The minimum Gasteiger partial charge on any atom is -0.355 e. The van der Waals surface area contributed by atoms with E-state index in [9.17, 15) is 0 Å². The average molecular weight is 784 g/mol.